The normalized spacial score (nSPS) is 23.8. The highest BCUT2D eigenvalue weighted by Gasteiger charge is 2.52. The molecule has 1 saturated carbocycles. The van der Waals surface area contributed by atoms with Gasteiger partial charge in [0, 0.05) is 17.0 Å². The van der Waals surface area contributed by atoms with Crippen LogP contribution in [0.1, 0.15) is 43.7 Å². The fourth-order valence-corrected chi connectivity index (χ4v) is 3.34. The van der Waals surface area contributed by atoms with E-state index < -0.39 is 0 Å². The molecule has 0 spiro atoms. The molecule has 0 amide bonds. The molecule has 1 unspecified atom stereocenters. The van der Waals surface area contributed by atoms with Crippen molar-refractivity contribution in [1.29, 1.82) is 0 Å². The first kappa shape index (κ1) is 12.8. The molecule has 1 atom stereocenters. The van der Waals surface area contributed by atoms with Gasteiger partial charge in [-0.2, -0.15) is 0 Å². The minimum Gasteiger partial charge on any atom is -0.303 e. The second-order valence-corrected chi connectivity index (χ2v) is 5.87. The van der Waals surface area contributed by atoms with Crippen LogP contribution in [-0.4, -0.2) is 24.3 Å². The van der Waals surface area contributed by atoms with Gasteiger partial charge in [0.05, 0.1) is 0 Å². The molecule has 2 nitrogen and oxygen atoms in total. The van der Waals surface area contributed by atoms with Gasteiger partial charge in [0.25, 0.3) is 0 Å². The number of likely N-dealkylation sites (tertiary alicyclic amines) is 1. The van der Waals surface area contributed by atoms with Crippen LogP contribution in [0.5, 0.6) is 0 Å². The number of rotatable bonds is 4. The van der Waals surface area contributed by atoms with E-state index in [0.29, 0.717) is 5.56 Å². The van der Waals surface area contributed by atoms with E-state index in [0.717, 1.165) is 45.1 Å². The number of carbonyl (C=O) groups is 1. The first-order valence-corrected chi connectivity index (χ1v) is 7.22. The summed E-state index contributed by atoms with van der Waals surface area (Å²) in [6.45, 7) is 1.96. The SMILES string of the molecule is O=CC1(C(c2ccccc2F)N2CCCCC2)CC1. The highest BCUT2D eigenvalue weighted by atomic mass is 19.1. The van der Waals surface area contributed by atoms with Gasteiger partial charge in [-0.15, -0.1) is 0 Å². The number of nitrogens with zero attached hydrogens (tertiary/aromatic N) is 1. The smallest absolute Gasteiger partial charge is 0.128 e. The standard InChI is InChI=1S/C16H20FNO/c17-14-7-3-2-6-13(14)15(16(12-19)8-9-16)18-10-4-1-5-11-18/h2-3,6-7,12,15H,1,4-5,8-11H2. The maximum atomic E-state index is 14.1. The molecule has 19 heavy (non-hydrogen) atoms. The molecule has 102 valence electrons. The Labute approximate surface area is 113 Å². The molecule has 0 bridgehead atoms. The molecule has 1 aliphatic carbocycles. The number of halogens is 1. The van der Waals surface area contributed by atoms with E-state index in [1.165, 1.54) is 12.5 Å². The van der Waals surface area contributed by atoms with E-state index in [-0.39, 0.29) is 17.3 Å². The molecule has 1 aliphatic heterocycles. The fraction of sp³-hybridized carbons (Fsp3) is 0.562. The number of aldehydes is 1. The van der Waals surface area contributed by atoms with Gasteiger partial charge >= 0.3 is 0 Å². The molecular weight excluding hydrogens is 241 g/mol. The van der Waals surface area contributed by atoms with Gasteiger partial charge in [-0.3, -0.25) is 4.90 Å². The Hall–Kier alpha value is -1.22. The zero-order chi connectivity index (χ0) is 13.3. The van der Waals surface area contributed by atoms with E-state index >= 15 is 0 Å². The molecule has 3 rings (SSSR count). The van der Waals surface area contributed by atoms with Gasteiger partial charge in [0.15, 0.2) is 0 Å². The van der Waals surface area contributed by atoms with Crippen molar-refractivity contribution in [3.8, 4) is 0 Å². The number of benzene rings is 1. The summed E-state index contributed by atoms with van der Waals surface area (Å²) in [5.74, 6) is -0.175. The summed E-state index contributed by atoms with van der Waals surface area (Å²) in [5, 5.41) is 0. The average Bonchev–Trinajstić information content (AvgIpc) is 3.24. The van der Waals surface area contributed by atoms with Crippen LogP contribution < -0.4 is 0 Å². The summed E-state index contributed by atoms with van der Waals surface area (Å²) >= 11 is 0. The van der Waals surface area contributed by atoms with E-state index in [2.05, 4.69) is 4.90 Å². The van der Waals surface area contributed by atoms with Gasteiger partial charge in [0.1, 0.15) is 12.1 Å². The Kier molecular flexibility index (Phi) is 3.40. The molecule has 0 N–H and O–H groups in total. The monoisotopic (exact) mass is 261 g/mol. The van der Waals surface area contributed by atoms with Gasteiger partial charge < -0.3 is 4.79 Å². The zero-order valence-corrected chi connectivity index (χ0v) is 11.1. The van der Waals surface area contributed by atoms with E-state index in [1.807, 2.05) is 12.1 Å². The quantitative estimate of drug-likeness (QED) is 0.775. The summed E-state index contributed by atoms with van der Waals surface area (Å²) in [5.41, 5.74) is 0.369. The van der Waals surface area contributed by atoms with Crippen molar-refractivity contribution >= 4 is 6.29 Å². The van der Waals surface area contributed by atoms with Crippen molar-refractivity contribution in [2.75, 3.05) is 13.1 Å². The lowest BCUT2D eigenvalue weighted by atomic mass is 9.88. The van der Waals surface area contributed by atoms with Crippen LogP contribution in [0.3, 0.4) is 0 Å². The molecule has 1 aromatic carbocycles. The van der Waals surface area contributed by atoms with Crippen molar-refractivity contribution in [3.63, 3.8) is 0 Å². The first-order valence-electron chi connectivity index (χ1n) is 7.22. The Balaban J connectivity index is 1.97. The van der Waals surface area contributed by atoms with Crippen molar-refractivity contribution in [2.45, 2.75) is 38.1 Å². The summed E-state index contributed by atoms with van der Waals surface area (Å²) in [6.07, 6.45) is 6.41. The van der Waals surface area contributed by atoms with Crippen LogP contribution in [0.15, 0.2) is 24.3 Å². The Bertz CT molecular complexity index is 464. The van der Waals surface area contributed by atoms with Crippen LogP contribution >= 0.6 is 0 Å². The molecule has 1 saturated heterocycles. The second-order valence-electron chi connectivity index (χ2n) is 5.87. The minimum atomic E-state index is -0.334. The molecule has 1 aromatic rings. The molecule has 2 fully saturated rings. The topological polar surface area (TPSA) is 20.3 Å². The predicted molar refractivity (Wildman–Crippen MR) is 72.3 cm³/mol. The third-order valence-electron chi connectivity index (χ3n) is 4.56. The van der Waals surface area contributed by atoms with Crippen LogP contribution in [0.25, 0.3) is 0 Å². The summed E-state index contributed by atoms with van der Waals surface area (Å²) in [6, 6.07) is 6.88. The molecular formula is C16H20FNO. The van der Waals surface area contributed by atoms with Crippen LogP contribution in [-0.2, 0) is 4.79 Å². The van der Waals surface area contributed by atoms with Crippen molar-refractivity contribution < 1.29 is 9.18 Å². The number of piperidine rings is 1. The third kappa shape index (κ3) is 2.32. The first-order chi connectivity index (χ1) is 9.27. The number of hydrogen-bond donors (Lipinski definition) is 0. The van der Waals surface area contributed by atoms with Gasteiger partial charge in [-0.05, 0) is 44.8 Å². The largest absolute Gasteiger partial charge is 0.303 e. The third-order valence-corrected chi connectivity index (χ3v) is 4.56. The number of hydrogen-bond acceptors (Lipinski definition) is 2. The second kappa shape index (κ2) is 5.04. The van der Waals surface area contributed by atoms with E-state index in [4.69, 9.17) is 0 Å². The van der Waals surface area contributed by atoms with E-state index in [1.54, 1.807) is 6.07 Å². The minimum absolute atomic E-state index is 0.0634. The zero-order valence-electron chi connectivity index (χ0n) is 11.1. The van der Waals surface area contributed by atoms with Crippen LogP contribution in [0.4, 0.5) is 4.39 Å². The molecule has 0 radical (unpaired) electrons. The van der Waals surface area contributed by atoms with Gasteiger partial charge in [-0.1, -0.05) is 24.6 Å². The summed E-state index contributed by atoms with van der Waals surface area (Å²) in [7, 11) is 0. The predicted octanol–water partition coefficient (Wildman–Crippen LogP) is 3.33. The molecule has 2 aliphatic rings. The molecule has 0 aromatic heterocycles. The lowest BCUT2D eigenvalue weighted by Crippen LogP contribution is -2.39. The fourth-order valence-electron chi connectivity index (χ4n) is 3.34. The molecule has 1 heterocycles. The highest BCUT2D eigenvalue weighted by molar-refractivity contribution is 5.66. The average molecular weight is 261 g/mol. The lowest BCUT2D eigenvalue weighted by Gasteiger charge is -2.38. The highest BCUT2D eigenvalue weighted by Crippen LogP contribution is 2.56. The van der Waals surface area contributed by atoms with Crippen molar-refractivity contribution in [2.24, 2.45) is 5.41 Å². The number of carbonyl (C=O) groups excluding carboxylic acids is 1. The molecule has 3 heteroatoms. The lowest BCUT2D eigenvalue weighted by molar-refractivity contribution is -0.115. The maximum Gasteiger partial charge on any atom is 0.128 e. The van der Waals surface area contributed by atoms with Crippen molar-refractivity contribution in [1.82, 2.24) is 4.90 Å². The maximum absolute atomic E-state index is 14.1. The van der Waals surface area contributed by atoms with Crippen LogP contribution in [0.2, 0.25) is 0 Å². The Morgan fingerprint density at radius 2 is 1.84 bits per heavy atom. The summed E-state index contributed by atoms with van der Waals surface area (Å²) in [4.78, 5) is 13.8. The van der Waals surface area contributed by atoms with E-state index in [9.17, 15) is 9.18 Å². The van der Waals surface area contributed by atoms with Crippen molar-refractivity contribution in [3.05, 3.63) is 35.6 Å². The Morgan fingerprint density at radius 1 is 1.16 bits per heavy atom. The van der Waals surface area contributed by atoms with Crippen LogP contribution in [0, 0.1) is 11.2 Å². The van der Waals surface area contributed by atoms with Gasteiger partial charge in [0.2, 0.25) is 0 Å². The summed E-state index contributed by atoms with van der Waals surface area (Å²) < 4.78 is 14.1. The van der Waals surface area contributed by atoms with Gasteiger partial charge in [-0.25, -0.2) is 4.39 Å². The Morgan fingerprint density at radius 3 is 2.42 bits per heavy atom.